The van der Waals surface area contributed by atoms with Crippen LogP contribution in [0.4, 0.5) is 17.1 Å². The molecular formula is C19H12N4O5. The fourth-order valence-corrected chi connectivity index (χ4v) is 3.15. The van der Waals surface area contributed by atoms with Crippen LogP contribution in [0, 0.1) is 20.2 Å². The third kappa shape index (κ3) is 2.80. The van der Waals surface area contributed by atoms with Gasteiger partial charge in [-0.05, 0) is 29.3 Å². The molecule has 0 saturated carbocycles. The maximum absolute atomic E-state index is 11.3. The summed E-state index contributed by atoms with van der Waals surface area (Å²) in [5.41, 5.74) is 5.63. The van der Waals surface area contributed by atoms with E-state index >= 15 is 0 Å². The minimum absolute atomic E-state index is 0.0224. The molecule has 9 nitrogen and oxygen atoms in total. The van der Waals surface area contributed by atoms with E-state index in [0.29, 0.717) is 11.3 Å². The van der Waals surface area contributed by atoms with Crippen LogP contribution in [0.15, 0.2) is 65.8 Å². The summed E-state index contributed by atoms with van der Waals surface area (Å²) in [6.07, 6.45) is 0. The van der Waals surface area contributed by atoms with Crippen molar-refractivity contribution in [2.75, 3.05) is 5.43 Å². The number of anilines is 1. The van der Waals surface area contributed by atoms with Crippen LogP contribution in [0.25, 0.3) is 11.1 Å². The molecule has 0 aliphatic heterocycles. The standard InChI is InChI=1S/C19H12N4O5/c24-12-6-7-14-13-3-1-2-4-15(13)19(16(14)10-12)21-20-17-8-5-11(22(25)26)9-18(17)23(27)28/h1-10,20,24H/b21-19-. The zero-order valence-corrected chi connectivity index (χ0v) is 14.2. The predicted molar refractivity (Wildman–Crippen MR) is 103 cm³/mol. The number of phenolic OH excluding ortho intramolecular Hbond substituents is 1. The molecule has 0 spiro atoms. The van der Waals surface area contributed by atoms with Crippen molar-refractivity contribution >= 4 is 22.8 Å². The van der Waals surface area contributed by atoms with Gasteiger partial charge in [-0.25, -0.2) is 0 Å². The molecule has 4 rings (SSSR count). The molecule has 2 N–H and O–H groups in total. The maximum Gasteiger partial charge on any atom is 0.301 e. The van der Waals surface area contributed by atoms with Gasteiger partial charge < -0.3 is 5.11 Å². The van der Waals surface area contributed by atoms with Crippen LogP contribution in [-0.2, 0) is 0 Å². The van der Waals surface area contributed by atoms with Crippen molar-refractivity contribution in [3.63, 3.8) is 0 Å². The molecular weight excluding hydrogens is 364 g/mol. The topological polar surface area (TPSA) is 131 Å². The molecule has 0 bridgehead atoms. The van der Waals surface area contributed by atoms with Gasteiger partial charge in [-0.1, -0.05) is 30.3 Å². The van der Waals surface area contributed by atoms with Gasteiger partial charge in [-0.3, -0.25) is 25.7 Å². The monoisotopic (exact) mass is 376 g/mol. The average Bonchev–Trinajstić information content (AvgIpc) is 2.98. The number of aromatic hydroxyl groups is 1. The Labute approximate surface area is 157 Å². The fraction of sp³-hybridized carbons (Fsp3) is 0. The first-order chi connectivity index (χ1) is 13.5. The fourth-order valence-electron chi connectivity index (χ4n) is 3.15. The lowest BCUT2D eigenvalue weighted by atomic mass is 10.1. The van der Waals surface area contributed by atoms with E-state index in [1.165, 1.54) is 6.07 Å². The zero-order chi connectivity index (χ0) is 19.8. The number of phenols is 1. The van der Waals surface area contributed by atoms with Crippen molar-refractivity contribution in [1.82, 2.24) is 0 Å². The van der Waals surface area contributed by atoms with Crippen molar-refractivity contribution in [2.24, 2.45) is 5.10 Å². The highest BCUT2D eigenvalue weighted by molar-refractivity contribution is 6.24. The number of hydrazone groups is 1. The third-order valence-electron chi connectivity index (χ3n) is 4.41. The number of non-ortho nitro benzene ring substituents is 1. The Balaban J connectivity index is 1.80. The molecule has 0 atom stereocenters. The Morgan fingerprint density at radius 1 is 0.821 bits per heavy atom. The van der Waals surface area contributed by atoms with Crippen LogP contribution >= 0.6 is 0 Å². The number of benzene rings is 3. The lowest BCUT2D eigenvalue weighted by Crippen LogP contribution is -2.04. The van der Waals surface area contributed by atoms with Gasteiger partial charge in [0.2, 0.25) is 0 Å². The quantitative estimate of drug-likeness (QED) is 0.408. The summed E-state index contributed by atoms with van der Waals surface area (Å²) in [4.78, 5) is 20.8. The van der Waals surface area contributed by atoms with E-state index < -0.39 is 15.5 Å². The Morgan fingerprint density at radius 3 is 2.25 bits per heavy atom. The molecule has 3 aromatic rings. The highest BCUT2D eigenvalue weighted by atomic mass is 16.6. The van der Waals surface area contributed by atoms with Crippen LogP contribution in [0.5, 0.6) is 5.75 Å². The predicted octanol–water partition coefficient (Wildman–Crippen LogP) is 4.05. The SMILES string of the molecule is O=[N+]([O-])c1ccc(N/N=C2/c3ccccc3-c3ccc(O)cc32)c([N+](=O)[O-])c1. The Kier molecular flexibility index (Phi) is 3.96. The molecule has 1 aliphatic rings. The summed E-state index contributed by atoms with van der Waals surface area (Å²) in [7, 11) is 0. The number of nitrogens with zero attached hydrogens (tertiary/aromatic N) is 3. The molecule has 0 fully saturated rings. The van der Waals surface area contributed by atoms with E-state index in [0.717, 1.165) is 28.8 Å². The molecule has 1 aliphatic carbocycles. The molecule has 0 saturated heterocycles. The van der Waals surface area contributed by atoms with Crippen molar-refractivity contribution in [3.8, 4) is 16.9 Å². The van der Waals surface area contributed by atoms with Crippen LogP contribution in [-0.4, -0.2) is 20.7 Å². The maximum atomic E-state index is 11.3. The summed E-state index contributed by atoms with van der Waals surface area (Å²) in [6.45, 7) is 0. The van der Waals surface area contributed by atoms with Crippen LogP contribution in [0.1, 0.15) is 11.1 Å². The first kappa shape index (κ1) is 17.2. The molecule has 28 heavy (non-hydrogen) atoms. The summed E-state index contributed by atoms with van der Waals surface area (Å²) < 4.78 is 0. The molecule has 0 aromatic heterocycles. The lowest BCUT2D eigenvalue weighted by molar-refractivity contribution is -0.393. The first-order valence-corrected chi connectivity index (χ1v) is 8.15. The second-order valence-electron chi connectivity index (χ2n) is 6.06. The summed E-state index contributed by atoms with van der Waals surface area (Å²) in [5, 5.41) is 36.3. The normalized spacial score (nSPS) is 13.1. The van der Waals surface area contributed by atoms with Gasteiger partial charge in [0.05, 0.1) is 21.6 Å². The molecule has 0 amide bonds. The summed E-state index contributed by atoms with van der Waals surface area (Å²) >= 11 is 0. The molecule has 0 unspecified atom stereocenters. The second kappa shape index (κ2) is 6.47. The molecule has 3 aromatic carbocycles. The largest absolute Gasteiger partial charge is 0.508 e. The summed E-state index contributed by atoms with van der Waals surface area (Å²) in [5.74, 6) is 0.0700. The number of nitro groups is 2. The van der Waals surface area contributed by atoms with Gasteiger partial charge in [-0.15, -0.1) is 0 Å². The molecule has 138 valence electrons. The van der Waals surface area contributed by atoms with Gasteiger partial charge in [0.15, 0.2) is 0 Å². The number of nitro benzene ring substituents is 2. The summed E-state index contributed by atoms with van der Waals surface area (Å²) in [6, 6.07) is 15.7. The van der Waals surface area contributed by atoms with E-state index in [4.69, 9.17) is 0 Å². The highest BCUT2D eigenvalue weighted by Gasteiger charge is 2.26. The van der Waals surface area contributed by atoms with Gasteiger partial charge in [0.1, 0.15) is 11.4 Å². The number of rotatable bonds is 4. The Hall–Kier alpha value is -4.27. The van der Waals surface area contributed by atoms with Gasteiger partial charge in [0, 0.05) is 17.2 Å². The number of fused-ring (bicyclic) bond motifs is 3. The van der Waals surface area contributed by atoms with Crippen LogP contribution < -0.4 is 5.43 Å². The number of hydrogen-bond acceptors (Lipinski definition) is 7. The highest BCUT2D eigenvalue weighted by Crippen LogP contribution is 2.38. The zero-order valence-electron chi connectivity index (χ0n) is 14.2. The minimum atomic E-state index is -0.710. The number of hydrogen-bond donors (Lipinski definition) is 2. The lowest BCUT2D eigenvalue weighted by Gasteiger charge is -2.05. The third-order valence-corrected chi connectivity index (χ3v) is 4.41. The Bertz CT molecular complexity index is 1170. The van der Waals surface area contributed by atoms with Crippen molar-refractivity contribution in [2.45, 2.75) is 0 Å². The molecule has 0 radical (unpaired) electrons. The Morgan fingerprint density at radius 2 is 1.54 bits per heavy atom. The molecule has 9 heteroatoms. The molecule has 0 heterocycles. The van der Waals surface area contributed by atoms with E-state index in [2.05, 4.69) is 10.5 Å². The van der Waals surface area contributed by atoms with Gasteiger partial charge in [-0.2, -0.15) is 5.10 Å². The second-order valence-corrected chi connectivity index (χ2v) is 6.06. The van der Waals surface area contributed by atoms with Gasteiger partial charge >= 0.3 is 5.69 Å². The van der Waals surface area contributed by atoms with E-state index in [9.17, 15) is 25.3 Å². The minimum Gasteiger partial charge on any atom is -0.508 e. The van der Waals surface area contributed by atoms with Gasteiger partial charge in [0.25, 0.3) is 5.69 Å². The number of nitrogens with one attached hydrogen (secondary N) is 1. The van der Waals surface area contributed by atoms with E-state index in [1.807, 2.05) is 24.3 Å². The van der Waals surface area contributed by atoms with E-state index in [-0.39, 0.29) is 17.1 Å². The first-order valence-electron chi connectivity index (χ1n) is 8.15. The smallest absolute Gasteiger partial charge is 0.301 e. The van der Waals surface area contributed by atoms with Crippen molar-refractivity contribution in [3.05, 3.63) is 92.0 Å². The van der Waals surface area contributed by atoms with Crippen LogP contribution in [0.3, 0.4) is 0 Å². The van der Waals surface area contributed by atoms with Crippen LogP contribution in [0.2, 0.25) is 0 Å². The van der Waals surface area contributed by atoms with E-state index in [1.54, 1.807) is 18.2 Å². The van der Waals surface area contributed by atoms with Crippen molar-refractivity contribution in [1.29, 1.82) is 0 Å². The average molecular weight is 376 g/mol. The van der Waals surface area contributed by atoms with Crippen molar-refractivity contribution < 1.29 is 15.0 Å².